The van der Waals surface area contributed by atoms with E-state index >= 15 is 0 Å². The molecule has 0 bridgehead atoms. The van der Waals surface area contributed by atoms with Crippen LogP contribution in [0, 0.1) is 0 Å². The van der Waals surface area contributed by atoms with Crippen LogP contribution in [0.1, 0.15) is 13.3 Å². The van der Waals surface area contributed by atoms with E-state index in [-0.39, 0.29) is 11.2 Å². The van der Waals surface area contributed by atoms with Crippen LogP contribution in [0.5, 0.6) is 5.75 Å². The summed E-state index contributed by atoms with van der Waals surface area (Å²) in [6.07, 6.45) is 0.949. The number of pyridine rings is 1. The van der Waals surface area contributed by atoms with E-state index in [1.54, 1.807) is 17.7 Å². The lowest BCUT2D eigenvalue weighted by Gasteiger charge is -2.14. The molecule has 5 nitrogen and oxygen atoms in total. The standard InChI is InChI=1S/C17H22N2O3/c1-3-10-22-14-6-4-5-13(12-14)16-8-7-15(18)17(20)19(16)9-11-21-2/h4-8,12H,3,9-11,18H2,1-2H3. The summed E-state index contributed by atoms with van der Waals surface area (Å²) in [4.78, 5) is 12.3. The number of anilines is 1. The van der Waals surface area contributed by atoms with Gasteiger partial charge in [0.2, 0.25) is 0 Å². The minimum Gasteiger partial charge on any atom is -0.494 e. The molecule has 5 heteroatoms. The fraction of sp³-hybridized carbons (Fsp3) is 0.353. The molecule has 0 atom stereocenters. The van der Waals surface area contributed by atoms with Crippen molar-refractivity contribution >= 4 is 5.69 Å². The lowest BCUT2D eigenvalue weighted by atomic mass is 10.1. The Labute approximate surface area is 130 Å². The monoisotopic (exact) mass is 302 g/mol. The number of methoxy groups -OCH3 is 1. The summed E-state index contributed by atoms with van der Waals surface area (Å²) in [5, 5.41) is 0. The number of benzene rings is 1. The second kappa shape index (κ2) is 7.66. The van der Waals surface area contributed by atoms with Gasteiger partial charge in [0.1, 0.15) is 5.75 Å². The molecule has 1 aromatic carbocycles. The quantitative estimate of drug-likeness (QED) is 0.853. The van der Waals surface area contributed by atoms with Gasteiger partial charge in [-0.3, -0.25) is 4.79 Å². The van der Waals surface area contributed by atoms with Crippen LogP contribution in [0.4, 0.5) is 5.69 Å². The summed E-state index contributed by atoms with van der Waals surface area (Å²) in [6.45, 7) is 3.63. The van der Waals surface area contributed by atoms with E-state index in [2.05, 4.69) is 6.92 Å². The zero-order valence-electron chi connectivity index (χ0n) is 13.0. The summed E-state index contributed by atoms with van der Waals surface area (Å²) in [7, 11) is 1.61. The molecule has 0 saturated carbocycles. The average Bonchev–Trinajstić information content (AvgIpc) is 2.54. The topological polar surface area (TPSA) is 66.5 Å². The van der Waals surface area contributed by atoms with Crippen LogP contribution in [0.25, 0.3) is 11.3 Å². The van der Waals surface area contributed by atoms with Crippen LogP contribution in [0.15, 0.2) is 41.2 Å². The predicted molar refractivity (Wildman–Crippen MR) is 88.2 cm³/mol. The van der Waals surface area contributed by atoms with E-state index in [0.29, 0.717) is 19.8 Å². The van der Waals surface area contributed by atoms with Gasteiger partial charge in [0.25, 0.3) is 5.56 Å². The van der Waals surface area contributed by atoms with Crippen molar-refractivity contribution in [3.8, 4) is 17.0 Å². The highest BCUT2D eigenvalue weighted by molar-refractivity contribution is 5.63. The number of nitrogens with zero attached hydrogens (tertiary/aromatic N) is 1. The Kier molecular flexibility index (Phi) is 5.61. The Balaban J connectivity index is 2.43. The van der Waals surface area contributed by atoms with Crippen molar-refractivity contribution in [2.24, 2.45) is 0 Å². The van der Waals surface area contributed by atoms with Gasteiger partial charge in [-0.05, 0) is 30.7 Å². The third-order valence-corrected chi connectivity index (χ3v) is 3.33. The third-order valence-electron chi connectivity index (χ3n) is 3.33. The summed E-state index contributed by atoms with van der Waals surface area (Å²) in [5.74, 6) is 0.793. The summed E-state index contributed by atoms with van der Waals surface area (Å²) < 4.78 is 12.4. The lowest BCUT2D eigenvalue weighted by Crippen LogP contribution is -2.25. The number of aromatic nitrogens is 1. The van der Waals surface area contributed by atoms with E-state index in [0.717, 1.165) is 23.4 Å². The number of hydrogen-bond acceptors (Lipinski definition) is 4. The Morgan fingerprint density at radius 3 is 2.73 bits per heavy atom. The fourth-order valence-corrected chi connectivity index (χ4v) is 2.22. The lowest BCUT2D eigenvalue weighted by molar-refractivity contribution is 0.186. The van der Waals surface area contributed by atoms with E-state index in [4.69, 9.17) is 15.2 Å². The molecule has 0 unspecified atom stereocenters. The zero-order valence-corrected chi connectivity index (χ0v) is 13.0. The van der Waals surface area contributed by atoms with Crippen molar-refractivity contribution in [3.63, 3.8) is 0 Å². The van der Waals surface area contributed by atoms with Crippen molar-refractivity contribution in [3.05, 3.63) is 46.8 Å². The van der Waals surface area contributed by atoms with Crippen molar-refractivity contribution in [2.45, 2.75) is 19.9 Å². The predicted octanol–water partition coefficient (Wildman–Crippen LogP) is 2.53. The van der Waals surface area contributed by atoms with E-state index < -0.39 is 0 Å². The highest BCUT2D eigenvalue weighted by atomic mass is 16.5. The molecule has 0 aliphatic carbocycles. The summed E-state index contributed by atoms with van der Waals surface area (Å²) in [5.41, 5.74) is 7.49. The minimum atomic E-state index is -0.200. The second-order valence-corrected chi connectivity index (χ2v) is 5.00. The number of rotatable bonds is 7. The molecule has 0 aliphatic rings. The number of nitrogens with two attached hydrogens (primary N) is 1. The summed E-state index contributed by atoms with van der Waals surface area (Å²) in [6, 6.07) is 11.2. The SMILES string of the molecule is CCCOc1cccc(-c2ccc(N)c(=O)n2CCOC)c1. The molecule has 0 saturated heterocycles. The Hall–Kier alpha value is -2.27. The van der Waals surface area contributed by atoms with Gasteiger partial charge in [-0.25, -0.2) is 0 Å². The molecule has 118 valence electrons. The van der Waals surface area contributed by atoms with Crippen molar-refractivity contribution in [2.75, 3.05) is 26.1 Å². The van der Waals surface area contributed by atoms with Gasteiger partial charge in [0.15, 0.2) is 0 Å². The van der Waals surface area contributed by atoms with Crippen molar-refractivity contribution < 1.29 is 9.47 Å². The zero-order chi connectivity index (χ0) is 15.9. The van der Waals surface area contributed by atoms with Crippen molar-refractivity contribution in [1.82, 2.24) is 4.57 Å². The first kappa shape index (κ1) is 16.1. The molecule has 1 aromatic heterocycles. The van der Waals surface area contributed by atoms with Gasteiger partial charge in [0, 0.05) is 19.2 Å². The van der Waals surface area contributed by atoms with E-state index in [9.17, 15) is 4.79 Å². The molecule has 0 spiro atoms. The molecule has 1 heterocycles. The second-order valence-electron chi connectivity index (χ2n) is 5.00. The van der Waals surface area contributed by atoms with Gasteiger partial charge in [-0.15, -0.1) is 0 Å². The fourth-order valence-electron chi connectivity index (χ4n) is 2.22. The first-order valence-electron chi connectivity index (χ1n) is 7.39. The highest BCUT2D eigenvalue weighted by Gasteiger charge is 2.09. The van der Waals surface area contributed by atoms with Gasteiger partial charge < -0.3 is 19.8 Å². The van der Waals surface area contributed by atoms with Crippen molar-refractivity contribution in [1.29, 1.82) is 0 Å². The largest absolute Gasteiger partial charge is 0.494 e. The molecule has 0 aliphatic heterocycles. The molecule has 0 amide bonds. The molecular formula is C17H22N2O3. The minimum absolute atomic E-state index is 0.200. The van der Waals surface area contributed by atoms with Gasteiger partial charge >= 0.3 is 0 Å². The molecule has 0 radical (unpaired) electrons. The molecule has 2 aromatic rings. The van der Waals surface area contributed by atoms with Crippen LogP contribution >= 0.6 is 0 Å². The Morgan fingerprint density at radius 1 is 1.18 bits per heavy atom. The maximum Gasteiger partial charge on any atom is 0.274 e. The maximum atomic E-state index is 12.3. The van der Waals surface area contributed by atoms with Gasteiger partial charge in [-0.1, -0.05) is 19.1 Å². The average molecular weight is 302 g/mol. The molecule has 0 fully saturated rings. The van der Waals surface area contributed by atoms with E-state index in [1.165, 1.54) is 0 Å². The van der Waals surface area contributed by atoms with Crippen LogP contribution in [-0.4, -0.2) is 24.9 Å². The summed E-state index contributed by atoms with van der Waals surface area (Å²) >= 11 is 0. The number of nitrogen functional groups attached to an aromatic ring is 1. The smallest absolute Gasteiger partial charge is 0.274 e. The van der Waals surface area contributed by atoms with Crippen LogP contribution in [-0.2, 0) is 11.3 Å². The van der Waals surface area contributed by atoms with Gasteiger partial charge in [0.05, 0.1) is 24.6 Å². The maximum absolute atomic E-state index is 12.3. The molecule has 2 N–H and O–H groups in total. The van der Waals surface area contributed by atoms with Crippen LogP contribution < -0.4 is 16.0 Å². The Bertz CT molecular complexity index is 680. The normalized spacial score (nSPS) is 10.6. The molecular weight excluding hydrogens is 280 g/mol. The molecule has 22 heavy (non-hydrogen) atoms. The van der Waals surface area contributed by atoms with E-state index in [1.807, 2.05) is 30.3 Å². The number of hydrogen-bond donors (Lipinski definition) is 1. The molecule has 2 rings (SSSR count). The third kappa shape index (κ3) is 3.68. The van der Waals surface area contributed by atoms with Crippen LogP contribution in [0.3, 0.4) is 0 Å². The first-order valence-corrected chi connectivity index (χ1v) is 7.39. The van der Waals surface area contributed by atoms with Gasteiger partial charge in [-0.2, -0.15) is 0 Å². The first-order chi connectivity index (χ1) is 10.7. The van der Waals surface area contributed by atoms with Crippen LogP contribution in [0.2, 0.25) is 0 Å². The Morgan fingerprint density at radius 2 is 2.00 bits per heavy atom. The number of ether oxygens (including phenoxy) is 2. The highest BCUT2D eigenvalue weighted by Crippen LogP contribution is 2.23.